The highest BCUT2D eigenvalue weighted by Crippen LogP contribution is 2.21. The summed E-state index contributed by atoms with van der Waals surface area (Å²) in [4.78, 5) is 0. The molecule has 2 rings (SSSR count). The summed E-state index contributed by atoms with van der Waals surface area (Å²) in [6, 6.07) is 4.36. The van der Waals surface area contributed by atoms with E-state index >= 15 is 0 Å². The van der Waals surface area contributed by atoms with E-state index < -0.39 is 11.6 Å². The molecule has 0 aromatic heterocycles. The Balaban J connectivity index is 2.02. The van der Waals surface area contributed by atoms with Crippen LogP contribution in [0.25, 0.3) is 0 Å². The average molecular weight is 255 g/mol. The SMILES string of the molecule is CNC(Cc1ccc(F)c(F)c1)C1CCCOC1. The van der Waals surface area contributed by atoms with Gasteiger partial charge >= 0.3 is 0 Å². The lowest BCUT2D eigenvalue weighted by Crippen LogP contribution is -2.39. The molecule has 1 aliphatic heterocycles. The van der Waals surface area contributed by atoms with Gasteiger partial charge in [0.05, 0.1) is 6.61 Å². The van der Waals surface area contributed by atoms with Crippen LogP contribution in [0.3, 0.4) is 0 Å². The summed E-state index contributed by atoms with van der Waals surface area (Å²) in [7, 11) is 1.90. The Labute approximate surface area is 106 Å². The van der Waals surface area contributed by atoms with Crippen LogP contribution in [0, 0.1) is 17.6 Å². The zero-order chi connectivity index (χ0) is 13.0. The molecule has 2 unspecified atom stereocenters. The van der Waals surface area contributed by atoms with Crippen molar-refractivity contribution < 1.29 is 13.5 Å². The van der Waals surface area contributed by atoms with E-state index in [-0.39, 0.29) is 6.04 Å². The number of hydrogen-bond donors (Lipinski definition) is 1. The van der Waals surface area contributed by atoms with Crippen LogP contribution in [0.2, 0.25) is 0 Å². The molecule has 1 aliphatic rings. The highest BCUT2D eigenvalue weighted by atomic mass is 19.2. The fourth-order valence-corrected chi connectivity index (χ4v) is 2.51. The molecule has 18 heavy (non-hydrogen) atoms. The van der Waals surface area contributed by atoms with Gasteiger partial charge in [-0.2, -0.15) is 0 Å². The molecule has 0 bridgehead atoms. The predicted octanol–water partition coefficient (Wildman–Crippen LogP) is 2.52. The number of ether oxygens (including phenoxy) is 1. The summed E-state index contributed by atoms with van der Waals surface area (Å²) in [5.74, 6) is -1.13. The van der Waals surface area contributed by atoms with E-state index in [0.717, 1.165) is 31.6 Å². The zero-order valence-corrected chi connectivity index (χ0v) is 10.6. The Bertz CT molecular complexity index is 391. The van der Waals surface area contributed by atoms with Crippen molar-refractivity contribution in [2.75, 3.05) is 20.3 Å². The minimum Gasteiger partial charge on any atom is -0.381 e. The van der Waals surface area contributed by atoms with Crippen LogP contribution in [0.15, 0.2) is 18.2 Å². The van der Waals surface area contributed by atoms with E-state index in [0.29, 0.717) is 12.3 Å². The third-order valence-electron chi connectivity index (χ3n) is 3.57. The average Bonchev–Trinajstić information content (AvgIpc) is 2.41. The van der Waals surface area contributed by atoms with Crippen LogP contribution < -0.4 is 5.32 Å². The van der Waals surface area contributed by atoms with E-state index in [2.05, 4.69) is 5.32 Å². The maximum Gasteiger partial charge on any atom is 0.159 e. The summed E-state index contributed by atoms with van der Waals surface area (Å²) < 4.78 is 31.5. The maximum absolute atomic E-state index is 13.2. The number of rotatable bonds is 4. The Morgan fingerprint density at radius 3 is 2.83 bits per heavy atom. The fourth-order valence-electron chi connectivity index (χ4n) is 2.51. The lowest BCUT2D eigenvalue weighted by atomic mass is 9.89. The monoisotopic (exact) mass is 255 g/mol. The van der Waals surface area contributed by atoms with Gasteiger partial charge in [-0.05, 0) is 49.9 Å². The number of likely N-dealkylation sites (N-methyl/N-ethyl adjacent to an activating group) is 1. The lowest BCUT2D eigenvalue weighted by Gasteiger charge is -2.30. The fraction of sp³-hybridized carbons (Fsp3) is 0.571. The number of halogens is 2. The molecule has 0 aliphatic carbocycles. The Morgan fingerprint density at radius 1 is 1.39 bits per heavy atom. The zero-order valence-electron chi connectivity index (χ0n) is 10.6. The van der Waals surface area contributed by atoms with Crippen molar-refractivity contribution in [1.29, 1.82) is 0 Å². The highest BCUT2D eigenvalue weighted by molar-refractivity contribution is 5.19. The van der Waals surface area contributed by atoms with Gasteiger partial charge < -0.3 is 10.1 Å². The van der Waals surface area contributed by atoms with E-state index in [1.54, 1.807) is 6.07 Å². The molecule has 2 nitrogen and oxygen atoms in total. The maximum atomic E-state index is 13.2. The smallest absolute Gasteiger partial charge is 0.159 e. The molecule has 0 saturated carbocycles. The van der Waals surface area contributed by atoms with E-state index in [1.165, 1.54) is 12.1 Å². The molecule has 0 amide bonds. The number of nitrogens with one attached hydrogen (secondary N) is 1. The minimum atomic E-state index is -0.791. The van der Waals surface area contributed by atoms with E-state index in [4.69, 9.17) is 4.74 Å². The van der Waals surface area contributed by atoms with Gasteiger partial charge in [0.25, 0.3) is 0 Å². The number of hydrogen-bond acceptors (Lipinski definition) is 2. The molecule has 1 aromatic carbocycles. The molecule has 2 atom stereocenters. The third-order valence-corrected chi connectivity index (χ3v) is 3.57. The summed E-state index contributed by atoms with van der Waals surface area (Å²) in [5.41, 5.74) is 0.818. The van der Waals surface area contributed by atoms with Crippen LogP contribution in [-0.2, 0) is 11.2 Å². The second-order valence-corrected chi connectivity index (χ2v) is 4.82. The molecule has 4 heteroatoms. The van der Waals surface area contributed by atoms with E-state index in [1.807, 2.05) is 7.05 Å². The predicted molar refractivity (Wildman–Crippen MR) is 66.5 cm³/mol. The first-order valence-electron chi connectivity index (χ1n) is 6.39. The minimum absolute atomic E-state index is 0.246. The first-order chi connectivity index (χ1) is 8.70. The summed E-state index contributed by atoms with van der Waals surface area (Å²) in [6.07, 6.45) is 2.89. The van der Waals surface area contributed by atoms with Gasteiger partial charge in [-0.15, -0.1) is 0 Å². The van der Waals surface area contributed by atoms with Crippen molar-refractivity contribution in [3.05, 3.63) is 35.4 Å². The second kappa shape index (κ2) is 6.25. The van der Waals surface area contributed by atoms with Crippen molar-refractivity contribution in [3.63, 3.8) is 0 Å². The molecule has 1 aromatic rings. The molecular weight excluding hydrogens is 236 g/mol. The van der Waals surface area contributed by atoms with Crippen LogP contribution in [0.5, 0.6) is 0 Å². The van der Waals surface area contributed by atoms with Gasteiger partial charge in [-0.1, -0.05) is 6.07 Å². The number of benzene rings is 1. The Morgan fingerprint density at radius 2 is 2.22 bits per heavy atom. The standard InChI is InChI=1S/C14H19F2NO/c1-17-14(11-3-2-6-18-9-11)8-10-4-5-12(15)13(16)7-10/h4-5,7,11,14,17H,2-3,6,8-9H2,1H3. The molecule has 1 fully saturated rings. The molecule has 0 spiro atoms. The first kappa shape index (κ1) is 13.4. The largest absolute Gasteiger partial charge is 0.381 e. The van der Waals surface area contributed by atoms with E-state index in [9.17, 15) is 8.78 Å². The molecule has 1 N–H and O–H groups in total. The van der Waals surface area contributed by atoms with Crippen LogP contribution >= 0.6 is 0 Å². The normalized spacial score (nSPS) is 21.8. The molecule has 1 heterocycles. The van der Waals surface area contributed by atoms with Crippen molar-refractivity contribution in [3.8, 4) is 0 Å². The van der Waals surface area contributed by atoms with Gasteiger partial charge in [0.15, 0.2) is 11.6 Å². The van der Waals surface area contributed by atoms with Crippen molar-refractivity contribution in [1.82, 2.24) is 5.32 Å². The van der Waals surface area contributed by atoms with Crippen LogP contribution in [0.1, 0.15) is 18.4 Å². The topological polar surface area (TPSA) is 21.3 Å². The van der Waals surface area contributed by atoms with Crippen molar-refractivity contribution in [2.45, 2.75) is 25.3 Å². The van der Waals surface area contributed by atoms with Crippen LogP contribution in [0.4, 0.5) is 8.78 Å². The van der Waals surface area contributed by atoms with Gasteiger partial charge in [-0.3, -0.25) is 0 Å². The molecule has 1 saturated heterocycles. The van der Waals surface area contributed by atoms with Crippen molar-refractivity contribution in [2.24, 2.45) is 5.92 Å². The second-order valence-electron chi connectivity index (χ2n) is 4.82. The third kappa shape index (κ3) is 3.27. The molecule has 0 radical (unpaired) electrons. The summed E-state index contributed by atoms with van der Waals surface area (Å²) in [6.45, 7) is 1.58. The Hall–Kier alpha value is -1.00. The lowest BCUT2D eigenvalue weighted by molar-refractivity contribution is 0.0405. The first-order valence-corrected chi connectivity index (χ1v) is 6.39. The van der Waals surface area contributed by atoms with Gasteiger partial charge in [-0.25, -0.2) is 8.78 Å². The molecular formula is C14H19F2NO. The summed E-state index contributed by atoms with van der Waals surface area (Å²) in [5, 5.41) is 3.26. The van der Waals surface area contributed by atoms with Gasteiger partial charge in [0.2, 0.25) is 0 Å². The Kier molecular flexibility index (Phi) is 4.66. The van der Waals surface area contributed by atoms with Gasteiger partial charge in [0, 0.05) is 12.6 Å². The highest BCUT2D eigenvalue weighted by Gasteiger charge is 2.23. The summed E-state index contributed by atoms with van der Waals surface area (Å²) >= 11 is 0. The van der Waals surface area contributed by atoms with Crippen molar-refractivity contribution >= 4 is 0 Å². The van der Waals surface area contributed by atoms with Gasteiger partial charge in [0.1, 0.15) is 0 Å². The quantitative estimate of drug-likeness (QED) is 0.892. The molecule has 100 valence electrons. The van der Waals surface area contributed by atoms with Crippen LogP contribution in [-0.4, -0.2) is 26.3 Å².